The topological polar surface area (TPSA) is 64.3 Å². The van der Waals surface area contributed by atoms with Crippen LogP contribution in [0.5, 0.6) is 5.88 Å². The van der Waals surface area contributed by atoms with Gasteiger partial charge in [-0.15, -0.1) is 0 Å². The van der Waals surface area contributed by atoms with Crippen LogP contribution >= 0.6 is 0 Å². The summed E-state index contributed by atoms with van der Waals surface area (Å²) >= 11 is 0. The van der Waals surface area contributed by atoms with Crippen molar-refractivity contribution in [1.82, 2.24) is 9.97 Å². The van der Waals surface area contributed by atoms with Gasteiger partial charge >= 0.3 is 0 Å². The van der Waals surface area contributed by atoms with E-state index in [1.54, 1.807) is 19.4 Å². The van der Waals surface area contributed by atoms with Gasteiger partial charge in [0.1, 0.15) is 0 Å². The number of benzene rings is 1. The van der Waals surface area contributed by atoms with Gasteiger partial charge in [0.15, 0.2) is 0 Å². The first-order valence-corrected chi connectivity index (χ1v) is 6.58. The molecular formula is C15H20N4O. The molecule has 0 unspecified atom stereocenters. The van der Waals surface area contributed by atoms with Crippen LogP contribution < -0.4 is 15.4 Å². The molecule has 0 atom stereocenters. The molecule has 5 heteroatoms. The molecule has 0 aliphatic carbocycles. The summed E-state index contributed by atoms with van der Waals surface area (Å²) in [6.45, 7) is 4.95. The number of anilines is 2. The second-order valence-electron chi connectivity index (χ2n) is 4.86. The Morgan fingerprint density at radius 2 is 1.90 bits per heavy atom. The van der Waals surface area contributed by atoms with Crippen LogP contribution in [0.1, 0.15) is 19.4 Å². The molecule has 1 aromatic carbocycles. The van der Waals surface area contributed by atoms with Crippen molar-refractivity contribution < 1.29 is 4.74 Å². The number of nitrogens with two attached hydrogens (primary N) is 1. The van der Waals surface area contributed by atoms with Gasteiger partial charge in [0.25, 0.3) is 0 Å². The van der Waals surface area contributed by atoms with Gasteiger partial charge in [-0.2, -0.15) is 4.98 Å². The lowest BCUT2D eigenvalue weighted by Crippen LogP contribution is -2.31. The number of nitrogen functional groups attached to an aromatic ring is 1. The first kappa shape index (κ1) is 14.1. The monoisotopic (exact) mass is 272 g/mol. The van der Waals surface area contributed by atoms with E-state index < -0.39 is 0 Å². The van der Waals surface area contributed by atoms with Crippen molar-refractivity contribution >= 4 is 11.6 Å². The highest BCUT2D eigenvalue weighted by atomic mass is 16.5. The largest absolute Gasteiger partial charge is 0.481 e. The standard InChI is InChI=1S/C15H20N4O/c1-11(2)19(10-12-4-6-13(16)7-5-12)15-17-9-8-14(18-15)20-3/h4-9,11H,10,16H2,1-3H3. The van der Waals surface area contributed by atoms with Crippen molar-refractivity contribution in [2.75, 3.05) is 17.7 Å². The van der Waals surface area contributed by atoms with Gasteiger partial charge in [-0.25, -0.2) is 4.98 Å². The Kier molecular flexibility index (Phi) is 4.40. The third kappa shape index (κ3) is 3.38. The van der Waals surface area contributed by atoms with E-state index in [9.17, 15) is 0 Å². The van der Waals surface area contributed by atoms with Crippen molar-refractivity contribution in [2.45, 2.75) is 26.4 Å². The predicted molar refractivity (Wildman–Crippen MR) is 80.8 cm³/mol. The number of hydrogen-bond acceptors (Lipinski definition) is 5. The fraction of sp³-hybridized carbons (Fsp3) is 0.333. The lowest BCUT2D eigenvalue weighted by atomic mass is 10.2. The molecule has 2 rings (SSSR count). The summed E-state index contributed by atoms with van der Waals surface area (Å²) in [5.74, 6) is 1.23. The Hall–Kier alpha value is -2.30. The fourth-order valence-electron chi connectivity index (χ4n) is 1.89. The molecule has 0 radical (unpaired) electrons. The Morgan fingerprint density at radius 3 is 2.50 bits per heavy atom. The number of aromatic nitrogens is 2. The third-order valence-electron chi connectivity index (χ3n) is 3.04. The van der Waals surface area contributed by atoms with E-state index >= 15 is 0 Å². The van der Waals surface area contributed by atoms with Crippen molar-refractivity contribution in [3.8, 4) is 5.88 Å². The van der Waals surface area contributed by atoms with Gasteiger partial charge in [-0.3, -0.25) is 0 Å². The number of nitrogens with zero attached hydrogens (tertiary/aromatic N) is 3. The SMILES string of the molecule is COc1ccnc(N(Cc2ccc(N)cc2)C(C)C)n1. The average Bonchev–Trinajstić information content (AvgIpc) is 2.46. The maximum atomic E-state index is 5.71. The van der Waals surface area contributed by atoms with Gasteiger partial charge in [-0.1, -0.05) is 12.1 Å². The molecule has 106 valence electrons. The van der Waals surface area contributed by atoms with E-state index in [0.717, 1.165) is 12.2 Å². The van der Waals surface area contributed by atoms with E-state index in [1.807, 2.05) is 24.3 Å². The van der Waals surface area contributed by atoms with E-state index in [2.05, 4.69) is 28.7 Å². The molecule has 20 heavy (non-hydrogen) atoms. The zero-order valence-corrected chi connectivity index (χ0v) is 12.1. The first-order valence-electron chi connectivity index (χ1n) is 6.58. The van der Waals surface area contributed by atoms with Crippen LogP contribution in [0.4, 0.5) is 11.6 Å². The summed E-state index contributed by atoms with van der Waals surface area (Å²) in [5, 5.41) is 0. The fourth-order valence-corrected chi connectivity index (χ4v) is 1.89. The van der Waals surface area contributed by atoms with Gasteiger partial charge in [0.05, 0.1) is 7.11 Å². The molecule has 2 aromatic rings. The molecule has 1 heterocycles. The lowest BCUT2D eigenvalue weighted by molar-refractivity contribution is 0.396. The normalized spacial score (nSPS) is 10.6. The van der Waals surface area contributed by atoms with Crippen LogP contribution in [0.3, 0.4) is 0 Å². The molecule has 0 saturated heterocycles. The molecule has 2 N–H and O–H groups in total. The molecule has 0 saturated carbocycles. The zero-order valence-electron chi connectivity index (χ0n) is 12.1. The van der Waals surface area contributed by atoms with Crippen LogP contribution in [0.15, 0.2) is 36.5 Å². The van der Waals surface area contributed by atoms with E-state index in [4.69, 9.17) is 10.5 Å². The van der Waals surface area contributed by atoms with Crippen molar-refractivity contribution in [3.05, 3.63) is 42.1 Å². The second-order valence-corrected chi connectivity index (χ2v) is 4.86. The quantitative estimate of drug-likeness (QED) is 0.847. The smallest absolute Gasteiger partial charge is 0.229 e. The van der Waals surface area contributed by atoms with Crippen molar-refractivity contribution in [2.24, 2.45) is 0 Å². The molecule has 0 aliphatic heterocycles. The summed E-state index contributed by atoms with van der Waals surface area (Å²) < 4.78 is 5.16. The summed E-state index contributed by atoms with van der Waals surface area (Å²) in [7, 11) is 1.60. The second kappa shape index (κ2) is 6.23. The minimum Gasteiger partial charge on any atom is -0.481 e. The Morgan fingerprint density at radius 1 is 1.20 bits per heavy atom. The Balaban J connectivity index is 2.24. The van der Waals surface area contributed by atoms with Crippen LogP contribution in [-0.2, 0) is 6.54 Å². The van der Waals surface area contributed by atoms with Gasteiger partial charge in [-0.05, 0) is 31.5 Å². The van der Waals surface area contributed by atoms with Crippen LogP contribution in [0, 0.1) is 0 Å². The molecule has 1 aromatic heterocycles. The highest BCUT2D eigenvalue weighted by Gasteiger charge is 2.14. The number of hydrogen-bond donors (Lipinski definition) is 1. The van der Waals surface area contributed by atoms with E-state index in [0.29, 0.717) is 11.8 Å². The van der Waals surface area contributed by atoms with Crippen LogP contribution in [0.25, 0.3) is 0 Å². The maximum Gasteiger partial charge on any atom is 0.229 e. The minimum atomic E-state index is 0.277. The maximum absolute atomic E-state index is 5.71. The predicted octanol–water partition coefficient (Wildman–Crippen LogP) is 2.48. The van der Waals surface area contributed by atoms with Crippen molar-refractivity contribution in [1.29, 1.82) is 0 Å². The summed E-state index contributed by atoms with van der Waals surface area (Å²) in [5.41, 5.74) is 7.64. The highest BCUT2D eigenvalue weighted by Crippen LogP contribution is 2.18. The summed E-state index contributed by atoms with van der Waals surface area (Å²) in [6, 6.07) is 9.86. The molecule has 0 fully saturated rings. The van der Waals surface area contributed by atoms with Gasteiger partial charge in [0, 0.05) is 30.5 Å². The Bertz CT molecular complexity index is 554. The minimum absolute atomic E-state index is 0.277. The summed E-state index contributed by atoms with van der Waals surface area (Å²) in [6.07, 6.45) is 1.71. The average molecular weight is 272 g/mol. The lowest BCUT2D eigenvalue weighted by Gasteiger charge is -2.27. The molecule has 0 amide bonds. The number of methoxy groups -OCH3 is 1. The van der Waals surface area contributed by atoms with Crippen LogP contribution in [0.2, 0.25) is 0 Å². The molecule has 0 bridgehead atoms. The molecule has 0 spiro atoms. The Labute approximate surface area is 119 Å². The van der Waals surface area contributed by atoms with Crippen LogP contribution in [-0.4, -0.2) is 23.1 Å². The molecule has 5 nitrogen and oxygen atoms in total. The first-order chi connectivity index (χ1) is 9.60. The highest BCUT2D eigenvalue weighted by molar-refractivity contribution is 5.41. The zero-order chi connectivity index (χ0) is 14.5. The van der Waals surface area contributed by atoms with Gasteiger partial charge in [0.2, 0.25) is 11.8 Å². The number of rotatable bonds is 5. The van der Waals surface area contributed by atoms with E-state index in [1.165, 1.54) is 5.56 Å². The van der Waals surface area contributed by atoms with Gasteiger partial charge < -0.3 is 15.4 Å². The summed E-state index contributed by atoms with van der Waals surface area (Å²) in [4.78, 5) is 10.8. The molecular weight excluding hydrogens is 252 g/mol. The van der Waals surface area contributed by atoms with Crippen molar-refractivity contribution in [3.63, 3.8) is 0 Å². The number of ether oxygens (including phenoxy) is 1. The molecule has 0 aliphatic rings. The third-order valence-corrected chi connectivity index (χ3v) is 3.04. The van der Waals surface area contributed by atoms with E-state index in [-0.39, 0.29) is 6.04 Å².